The van der Waals surface area contributed by atoms with Crippen molar-refractivity contribution in [3.05, 3.63) is 56.2 Å². The van der Waals surface area contributed by atoms with Gasteiger partial charge in [-0.3, -0.25) is 14.3 Å². The highest BCUT2D eigenvalue weighted by atomic mass is 16.2. The summed E-state index contributed by atoms with van der Waals surface area (Å²) in [5.41, 5.74) is 2.88. The molecule has 5 nitrogen and oxygen atoms in total. The molecule has 0 spiro atoms. The number of aromatic amines is 1. The van der Waals surface area contributed by atoms with E-state index in [4.69, 9.17) is 0 Å². The summed E-state index contributed by atoms with van der Waals surface area (Å²) >= 11 is 0. The van der Waals surface area contributed by atoms with Crippen LogP contribution in [-0.4, -0.2) is 9.55 Å². The molecule has 0 atom stereocenters. The Morgan fingerprint density at radius 3 is 2.74 bits per heavy atom. The summed E-state index contributed by atoms with van der Waals surface area (Å²) in [7, 11) is 1.44. The third kappa shape index (κ3) is 2.19. The van der Waals surface area contributed by atoms with E-state index in [1.165, 1.54) is 30.7 Å². The number of aryl methyl sites for hydroxylation is 2. The van der Waals surface area contributed by atoms with Crippen LogP contribution in [0.15, 0.2) is 33.9 Å². The van der Waals surface area contributed by atoms with Crippen LogP contribution in [0.25, 0.3) is 0 Å². The van der Waals surface area contributed by atoms with Crippen LogP contribution in [-0.2, 0) is 19.9 Å². The molecule has 1 aliphatic carbocycles. The molecule has 1 aromatic heterocycles. The van der Waals surface area contributed by atoms with Gasteiger partial charge in [-0.1, -0.05) is 6.07 Å². The van der Waals surface area contributed by atoms with E-state index in [1.54, 1.807) is 0 Å². The number of benzene rings is 1. The van der Waals surface area contributed by atoms with Gasteiger partial charge in [0.25, 0.3) is 5.56 Å². The first kappa shape index (κ1) is 11.8. The van der Waals surface area contributed by atoms with E-state index in [0.717, 1.165) is 23.1 Å². The smallest absolute Gasteiger partial charge is 0.329 e. The highest BCUT2D eigenvalue weighted by Crippen LogP contribution is 2.25. The lowest BCUT2D eigenvalue weighted by molar-refractivity contribution is 0.778. The van der Waals surface area contributed by atoms with Crippen LogP contribution in [0.1, 0.15) is 17.5 Å². The highest BCUT2D eigenvalue weighted by molar-refractivity contribution is 5.58. The first-order valence-corrected chi connectivity index (χ1v) is 6.33. The van der Waals surface area contributed by atoms with E-state index in [9.17, 15) is 9.59 Å². The van der Waals surface area contributed by atoms with Gasteiger partial charge in [0.15, 0.2) is 0 Å². The molecule has 98 valence electrons. The van der Waals surface area contributed by atoms with E-state index in [2.05, 4.69) is 22.4 Å². The highest BCUT2D eigenvalue weighted by Gasteiger charge is 2.11. The Balaban J connectivity index is 1.93. The average Bonchev–Trinajstić information content (AvgIpc) is 2.83. The zero-order valence-corrected chi connectivity index (χ0v) is 10.7. The van der Waals surface area contributed by atoms with Crippen molar-refractivity contribution in [2.75, 3.05) is 5.32 Å². The Labute approximate surface area is 109 Å². The SMILES string of the molecule is Cn1c(=O)cc(Nc2ccc3c(c2)CCC3)[nH]c1=O. The van der Waals surface area contributed by atoms with Gasteiger partial charge >= 0.3 is 5.69 Å². The fraction of sp³-hybridized carbons (Fsp3) is 0.286. The largest absolute Gasteiger partial charge is 0.342 e. The maximum absolute atomic E-state index is 11.5. The molecule has 0 saturated heterocycles. The molecule has 0 amide bonds. The Kier molecular flexibility index (Phi) is 2.74. The zero-order chi connectivity index (χ0) is 13.4. The predicted octanol–water partition coefficient (Wildman–Crippen LogP) is 1.31. The third-order valence-electron chi connectivity index (χ3n) is 3.52. The monoisotopic (exact) mass is 257 g/mol. The van der Waals surface area contributed by atoms with Crippen molar-refractivity contribution in [2.24, 2.45) is 7.05 Å². The van der Waals surface area contributed by atoms with E-state index in [0.29, 0.717) is 5.82 Å². The predicted molar refractivity (Wildman–Crippen MR) is 74.1 cm³/mol. The maximum Gasteiger partial charge on any atom is 0.329 e. The molecule has 0 bridgehead atoms. The Bertz CT molecular complexity index is 712. The van der Waals surface area contributed by atoms with Crippen LogP contribution in [0.2, 0.25) is 0 Å². The Hall–Kier alpha value is -2.30. The van der Waals surface area contributed by atoms with Crippen molar-refractivity contribution in [1.82, 2.24) is 9.55 Å². The van der Waals surface area contributed by atoms with Crippen LogP contribution in [0, 0.1) is 0 Å². The molecule has 19 heavy (non-hydrogen) atoms. The second kappa shape index (κ2) is 4.42. The number of hydrogen-bond acceptors (Lipinski definition) is 3. The fourth-order valence-electron chi connectivity index (χ4n) is 2.43. The Morgan fingerprint density at radius 1 is 1.16 bits per heavy atom. The molecule has 0 unspecified atom stereocenters. The molecule has 1 aromatic carbocycles. The number of nitrogens with one attached hydrogen (secondary N) is 2. The van der Waals surface area contributed by atoms with Crippen LogP contribution < -0.4 is 16.6 Å². The molecule has 0 radical (unpaired) electrons. The van der Waals surface area contributed by atoms with Gasteiger partial charge in [-0.2, -0.15) is 0 Å². The Morgan fingerprint density at radius 2 is 1.95 bits per heavy atom. The van der Waals surface area contributed by atoms with E-state index in [-0.39, 0.29) is 5.56 Å². The van der Waals surface area contributed by atoms with Crippen LogP contribution in [0.4, 0.5) is 11.5 Å². The summed E-state index contributed by atoms with van der Waals surface area (Å²) in [6.45, 7) is 0. The van der Waals surface area contributed by atoms with Gasteiger partial charge in [-0.15, -0.1) is 0 Å². The van der Waals surface area contributed by atoms with E-state index >= 15 is 0 Å². The van der Waals surface area contributed by atoms with Gasteiger partial charge in [0.2, 0.25) is 0 Å². The van der Waals surface area contributed by atoms with Crippen molar-refractivity contribution in [3.8, 4) is 0 Å². The van der Waals surface area contributed by atoms with Gasteiger partial charge in [-0.25, -0.2) is 4.79 Å². The van der Waals surface area contributed by atoms with Crippen LogP contribution in [0.3, 0.4) is 0 Å². The molecular weight excluding hydrogens is 242 g/mol. The lowest BCUT2D eigenvalue weighted by Crippen LogP contribution is -2.32. The molecular formula is C14H15N3O2. The van der Waals surface area contributed by atoms with Crippen LogP contribution >= 0.6 is 0 Å². The number of fused-ring (bicyclic) bond motifs is 1. The number of anilines is 2. The fourth-order valence-corrected chi connectivity index (χ4v) is 2.43. The summed E-state index contributed by atoms with van der Waals surface area (Å²) < 4.78 is 1.04. The molecule has 0 aliphatic heterocycles. The molecule has 1 aliphatic rings. The van der Waals surface area contributed by atoms with Gasteiger partial charge in [0.05, 0.1) is 0 Å². The topological polar surface area (TPSA) is 66.9 Å². The summed E-state index contributed by atoms with van der Waals surface area (Å²) in [5.74, 6) is 0.422. The lowest BCUT2D eigenvalue weighted by atomic mass is 10.1. The summed E-state index contributed by atoms with van der Waals surface area (Å²) in [6, 6.07) is 7.54. The van der Waals surface area contributed by atoms with Crippen molar-refractivity contribution in [2.45, 2.75) is 19.3 Å². The second-order valence-electron chi connectivity index (χ2n) is 4.85. The number of aromatic nitrogens is 2. The normalized spacial score (nSPS) is 13.3. The molecule has 2 N–H and O–H groups in total. The molecule has 0 fully saturated rings. The van der Waals surface area contributed by atoms with Crippen LogP contribution in [0.5, 0.6) is 0 Å². The summed E-state index contributed by atoms with van der Waals surface area (Å²) in [6.07, 6.45) is 3.43. The van der Waals surface area contributed by atoms with Gasteiger partial charge < -0.3 is 5.32 Å². The second-order valence-corrected chi connectivity index (χ2v) is 4.85. The zero-order valence-electron chi connectivity index (χ0n) is 10.7. The number of nitrogens with zero attached hydrogens (tertiary/aromatic N) is 1. The minimum absolute atomic E-state index is 0.326. The quantitative estimate of drug-likeness (QED) is 0.852. The number of hydrogen-bond donors (Lipinski definition) is 2. The summed E-state index contributed by atoms with van der Waals surface area (Å²) in [4.78, 5) is 25.7. The van der Waals surface area contributed by atoms with Crippen molar-refractivity contribution < 1.29 is 0 Å². The first-order chi connectivity index (χ1) is 9.13. The molecule has 5 heteroatoms. The third-order valence-corrected chi connectivity index (χ3v) is 3.52. The van der Waals surface area contributed by atoms with E-state index < -0.39 is 5.69 Å². The van der Waals surface area contributed by atoms with Gasteiger partial charge in [0, 0.05) is 18.8 Å². The van der Waals surface area contributed by atoms with Gasteiger partial charge in [-0.05, 0) is 42.5 Å². The first-order valence-electron chi connectivity index (χ1n) is 6.33. The van der Waals surface area contributed by atoms with Crippen molar-refractivity contribution >= 4 is 11.5 Å². The average molecular weight is 257 g/mol. The standard InChI is InChI=1S/C14H15N3O2/c1-17-13(18)8-12(16-14(17)19)15-11-6-5-9-3-2-4-10(9)7-11/h5-8,15H,2-4H2,1H3,(H,16,19). The molecule has 0 saturated carbocycles. The molecule has 1 heterocycles. The molecule has 3 rings (SSSR count). The number of H-pyrrole nitrogens is 1. The number of rotatable bonds is 2. The van der Waals surface area contributed by atoms with Crippen molar-refractivity contribution in [3.63, 3.8) is 0 Å². The molecule has 2 aromatic rings. The lowest BCUT2D eigenvalue weighted by Gasteiger charge is -2.08. The van der Waals surface area contributed by atoms with Crippen molar-refractivity contribution in [1.29, 1.82) is 0 Å². The minimum Gasteiger partial charge on any atom is -0.342 e. The minimum atomic E-state index is -0.420. The maximum atomic E-state index is 11.5. The van der Waals surface area contributed by atoms with Gasteiger partial charge in [0.1, 0.15) is 5.82 Å². The van der Waals surface area contributed by atoms with E-state index in [1.807, 2.05) is 6.07 Å². The summed E-state index contributed by atoms with van der Waals surface area (Å²) in [5, 5.41) is 3.07.